The molecule has 1 atom stereocenters. The number of rotatable bonds is 1. The van der Waals surface area contributed by atoms with Crippen molar-refractivity contribution in [2.75, 3.05) is 0 Å². The van der Waals surface area contributed by atoms with Crippen molar-refractivity contribution in [2.24, 2.45) is 0 Å². The molecule has 2 N–H and O–H groups in total. The highest BCUT2D eigenvalue weighted by atomic mass is 32.2. The Hall–Kier alpha value is -2.53. The monoisotopic (exact) mass is 295 g/mol. The van der Waals surface area contributed by atoms with E-state index >= 15 is 0 Å². The van der Waals surface area contributed by atoms with Crippen molar-refractivity contribution >= 4 is 38.3 Å². The zero-order valence-electron chi connectivity index (χ0n) is 11.2. The number of nitrogens with zero attached hydrogens (tertiary/aromatic N) is 1. The molecule has 1 unspecified atom stereocenters. The zero-order chi connectivity index (χ0) is 14.4. The predicted molar refractivity (Wildman–Crippen MR) is 87.1 cm³/mol. The molecule has 21 heavy (non-hydrogen) atoms. The number of hydrogen-bond acceptors (Lipinski definition) is 2. The lowest BCUT2D eigenvalue weighted by Crippen LogP contribution is -2.26. The summed E-state index contributed by atoms with van der Waals surface area (Å²) in [5, 5.41) is 1.07. The number of H-pyrrole nitrogens is 1. The van der Waals surface area contributed by atoms with Gasteiger partial charge in [-0.1, -0.05) is 18.2 Å². The van der Waals surface area contributed by atoms with E-state index in [0.717, 1.165) is 32.8 Å². The van der Waals surface area contributed by atoms with Crippen LogP contribution in [0.2, 0.25) is 0 Å². The highest BCUT2D eigenvalue weighted by Crippen LogP contribution is 2.28. The molecule has 0 fully saturated rings. The van der Waals surface area contributed by atoms with Crippen LogP contribution in [0.3, 0.4) is 0 Å². The molecular formula is C16H13N3OS. The Morgan fingerprint density at radius 1 is 1.19 bits per heavy atom. The summed E-state index contributed by atoms with van der Waals surface area (Å²) < 4.78 is 15.8. The summed E-state index contributed by atoms with van der Waals surface area (Å²) in [5.74, 6) is 3.84. The van der Waals surface area contributed by atoms with Gasteiger partial charge in [0, 0.05) is 11.6 Å². The van der Waals surface area contributed by atoms with Crippen molar-refractivity contribution in [1.82, 2.24) is 14.7 Å². The molecule has 0 spiro atoms. The smallest absolute Gasteiger partial charge is 0.0877 e. The van der Waals surface area contributed by atoms with Crippen molar-refractivity contribution in [3.8, 4) is 0 Å². The number of aromatic amines is 1. The van der Waals surface area contributed by atoms with E-state index in [-0.39, 0.29) is 0 Å². The molecule has 0 amide bonds. The molecule has 3 aromatic rings. The number of aromatic nitrogens is 2. The molecule has 0 saturated carbocycles. The summed E-state index contributed by atoms with van der Waals surface area (Å²) >= 11 is 0. The van der Waals surface area contributed by atoms with E-state index in [1.807, 2.05) is 48.7 Å². The van der Waals surface area contributed by atoms with Crippen molar-refractivity contribution in [2.45, 2.75) is 4.90 Å². The van der Waals surface area contributed by atoms with Gasteiger partial charge in [0.2, 0.25) is 0 Å². The molecule has 2 aromatic heterocycles. The first-order valence-corrected chi connectivity index (χ1v) is 8.25. The van der Waals surface area contributed by atoms with Crippen LogP contribution in [0.25, 0.3) is 22.7 Å². The maximum atomic E-state index is 12.7. The van der Waals surface area contributed by atoms with Gasteiger partial charge in [-0.3, -0.25) is 4.98 Å². The summed E-state index contributed by atoms with van der Waals surface area (Å²) in [6, 6.07) is 11.5. The first-order valence-electron chi connectivity index (χ1n) is 6.53. The fraction of sp³-hybridized carbons (Fsp3) is 0. The van der Waals surface area contributed by atoms with Gasteiger partial charge in [-0.15, -0.1) is 0 Å². The van der Waals surface area contributed by atoms with Crippen LogP contribution in [0.5, 0.6) is 0 Å². The van der Waals surface area contributed by atoms with E-state index in [4.69, 9.17) is 0 Å². The molecule has 0 bridgehead atoms. The van der Waals surface area contributed by atoms with Crippen LogP contribution < -0.4 is 4.72 Å². The molecule has 5 heteroatoms. The number of hydrogen-bond donors (Lipinski definition) is 2. The summed E-state index contributed by atoms with van der Waals surface area (Å²) in [6.07, 6.45) is 5.61. The first-order chi connectivity index (χ1) is 10.1. The van der Waals surface area contributed by atoms with E-state index in [2.05, 4.69) is 20.6 Å². The topological polar surface area (TPSA) is 57.8 Å². The fourth-order valence-electron chi connectivity index (χ4n) is 2.54. The Morgan fingerprint density at radius 3 is 2.95 bits per heavy atom. The fourth-order valence-corrected chi connectivity index (χ4v) is 3.98. The normalized spacial score (nSPS) is 20.7. The highest BCUT2D eigenvalue weighted by molar-refractivity contribution is 7.99. The van der Waals surface area contributed by atoms with Crippen LogP contribution in [0.15, 0.2) is 53.7 Å². The third-order valence-corrected chi connectivity index (χ3v) is 5.19. The average Bonchev–Trinajstić information content (AvgIpc) is 2.94. The van der Waals surface area contributed by atoms with Gasteiger partial charge in [-0.25, -0.2) is 4.21 Å². The van der Waals surface area contributed by atoms with E-state index in [1.54, 1.807) is 6.20 Å². The molecule has 1 aromatic carbocycles. The number of fused-ring (bicyclic) bond motifs is 2. The molecule has 104 valence electrons. The molecular weight excluding hydrogens is 282 g/mol. The third kappa shape index (κ3) is 1.94. The summed E-state index contributed by atoms with van der Waals surface area (Å²) in [6.45, 7) is 0. The van der Waals surface area contributed by atoms with Gasteiger partial charge in [0.15, 0.2) is 0 Å². The van der Waals surface area contributed by atoms with E-state index in [9.17, 15) is 4.21 Å². The summed E-state index contributed by atoms with van der Waals surface area (Å²) in [7, 11) is -2.55. The largest absolute Gasteiger partial charge is 0.360 e. The molecule has 4 nitrogen and oxygen atoms in total. The maximum absolute atomic E-state index is 12.7. The van der Waals surface area contributed by atoms with Gasteiger partial charge < -0.3 is 9.71 Å². The number of nitrogens with one attached hydrogen (secondary N) is 2. The van der Waals surface area contributed by atoms with E-state index in [1.165, 1.54) is 0 Å². The standard InChI is InChI=1S/C16H13N3OS/c1-21(20)16-5-3-2-4-12(16)9-14(19-21)13-8-11-6-7-17-15(11)10-18-13/h2-10,17H,1H2,(H,19,20). The second-order valence-electron chi connectivity index (χ2n) is 5.01. The number of pyridine rings is 1. The van der Waals surface area contributed by atoms with Crippen LogP contribution in [-0.2, 0) is 9.71 Å². The second-order valence-corrected chi connectivity index (χ2v) is 7.00. The first kappa shape index (κ1) is 12.2. The SMILES string of the molecule is C=S1(=O)NC(c2cc3cc[nH]c3cn2)=Cc2ccccc21. The van der Waals surface area contributed by atoms with Crippen molar-refractivity contribution in [3.05, 3.63) is 60.0 Å². The minimum atomic E-state index is -2.55. The summed E-state index contributed by atoms with van der Waals surface area (Å²) in [5.41, 5.74) is 3.39. The van der Waals surface area contributed by atoms with Crippen molar-refractivity contribution in [1.29, 1.82) is 0 Å². The van der Waals surface area contributed by atoms with Crippen LogP contribution in [0.1, 0.15) is 11.3 Å². The minimum absolute atomic E-state index is 0.733. The number of benzene rings is 1. The van der Waals surface area contributed by atoms with Gasteiger partial charge in [0.25, 0.3) is 0 Å². The highest BCUT2D eigenvalue weighted by Gasteiger charge is 2.20. The molecule has 0 saturated heterocycles. The lowest BCUT2D eigenvalue weighted by Gasteiger charge is -2.22. The Kier molecular flexibility index (Phi) is 2.46. The maximum Gasteiger partial charge on any atom is 0.0877 e. The average molecular weight is 295 g/mol. The molecule has 0 radical (unpaired) electrons. The summed E-state index contributed by atoms with van der Waals surface area (Å²) in [4.78, 5) is 8.27. The molecule has 1 aliphatic heterocycles. The second kappa shape index (κ2) is 4.23. The Labute approximate surface area is 122 Å². The Balaban J connectivity index is 1.91. The van der Waals surface area contributed by atoms with Crippen LogP contribution in [0.4, 0.5) is 0 Å². The van der Waals surface area contributed by atoms with E-state index in [0.29, 0.717) is 0 Å². The lowest BCUT2D eigenvalue weighted by molar-refractivity contribution is 0.677. The Bertz CT molecular complexity index is 983. The third-order valence-electron chi connectivity index (χ3n) is 3.56. The van der Waals surface area contributed by atoms with Crippen LogP contribution in [0, 0.1) is 0 Å². The minimum Gasteiger partial charge on any atom is -0.360 e. The van der Waals surface area contributed by atoms with E-state index < -0.39 is 9.71 Å². The van der Waals surface area contributed by atoms with Crippen LogP contribution in [-0.4, -0.2) is 20.0 Å². The lowest BCUT2D eigenvalue weighted by atomic mass is 10.1. The van der Waals surface area contributed by atoms with Crippen LogP contribution >= 0.6 is 0 Å². The van der Waals surface area contributed by atoms with Gasteiger partial charge in [-0.2, -0.15) is 0 Å². The molecule has 0 aliphatic carbocycles. The van der Waals surface area contributed by atoms with Crippen molar-refractivity contribution < 1.29 is 4.21 Å². The Morgan fingerprint density at radius 2 is 2.05 bits per heavy atom. The molecule has 1 aliphatic rings. The van der Waals surface area contributed by atoms with Gasteiger partial charge in [-0.05, 0) is 35.7 Å². The predicted octanol–water partition coefficient (Wildman–Crippen LogP) is 2.65. The molecule has 3 heterocycles. The molecule has 4 rings (SSSR count). The van der Waals surface area contributed by atoms with Crippen molar-refractivity contribution in [3.63, 3.8) is 0 Å². The quantitative estimate of drug-likeness (QED) is 0.678. The van der Waals surface area contributed by atoms with Gasteiger partial charge in [0.1, 0.15) is 0 Å². The zero-order valence-corrected chi connectivity index (χ0v) is 12.0. The van der Waals surface area contributed by atoms with Gasteiger partial charge in [0.05, 0.1) is 37.7 Å². The van der Waals surface area contributed by atoms with Gasteiger partial charge >= 0.3 is 0 Å².